The van der Waals surface area contributed by atoms with Gasteiger partial charge in [-0.15, -0.1) is 0 Å². The van der Waals surface area contributed by atoms with Gasteiger partial charge in [0.15, 0.2) is 6.61 Å². The fourth-order valence-electron chi connectivity index (χ4n) is 3.40. The molecule has 5 nitrogen and oxygen atoms in total. The van der Waals surface area contributed by atoms with Crippen LogP contribution in [0.4, 0.5) is 0 Å². The van der Waals surface area contributed by atoms with Crippen molar-refractivity contribution in [3.8, 4) is 5.75 Å². The predicted octanol–water partition coefficient (Wildman–Crippen LogP) is 3.87. The summed E-state index contributed by atoms with van der Waals surface area (Å²) in [4.78, 5) is 16.7. The maximum Gasteiger partial charge on any atom is 0.258 e. The molecule has 0 bridgehead atoms. The first-order valence-electron chi connectivity index (χ1n) is 9.63. The molecule has 1 unspecified atom stereocenters. The second kappa shape index (κ2) is 9.51. The van der Waals surface area contributed by atoms with Crippen LogP contribution in [0.15, 0.2) is 48.8 Å². The number of nitrogens with zero attached hydrogens (tertiary/aromatic N) is 1. The number of pyridine rings is 1. The molecule has 1 fully saturated rings. The Bertz CT molecular complexity index is 710. The summed E-state index contributed by atoms with van der Waals surface area (Å²) >= 11 is 0. The zero-order valence-corrected chi connectivity index (χ0v) is 16.1. The molecule has 0 aliphatic carbocycles. The minimum Gasteiger partial charge on any atom is -0.484 e. The fraction of sp³-hybridized carbons (Fsp3) is 0.455. The molecule has 2 aromatic rings. The molecule has 3 rings (SSSR count). The van der Waals surface area contributed by atoms with Crippen molar-refractivity contribution in [1.29, 1.82) is 0 Å². The largest absolute Gasteiger partial charge is 0.484 e. The standard InChI is InChI=1S/C22H28N2O3/c1-16(2)17-5-7-20(8-6-17)27-15-21(25)24-22(18-9-12-26-13-10-18)19-4-3-11-23-14-19/h3-8,11,14,16,18,22H,9-10,12-13,15H2,1-2H3,(H,24,25). The highest BCUT2D eigenvalue weighted by Gasteiger charge is 2.27. The number of ether oxygens (including phenoxy) is 2. The minimum absolute atomic E-state index is 0.000999. The van der Waals surface area contributed by atoms with E-state index in [9.17, 15) is 4.79 Å². The molecule has 144 valence electrons. The van der Waals surface area contributed by atoms with Crippen molar-refractivity contribution in [1.82, 2.24) is 10.3 Å². The third kappa shape index (κ3) is 5.54. The van der Waals surface area contributed by atoms with Crippen molar-refractivity contribution in [2.45, 2.75) is 38.6 Å². The van der Waals surface area contributed by atoms with E-state index >= 15 is 0 Å². The van der Waals surface area contributed by atoms with Crippen LogP contribution in [0.5, 0.6) is 5.75 Å². The maximum atomic E-state index is 12.5. The Morgan fingerprint density at radius 3 is 2.56 bits per heavy atom. The van der Waals surface area contributed by atoms with E-state index < -0.39 is 0 Å². The summed E-state index contributed by atoms with van der Waals surface area (Å²) in [6.07, 6.45) is 5.43. The molecule has 1 aliphatic rings. The molecule has 1 aliphatic heterocycles. The first-order chi connectivity index (χ1) is 13.1. The van der Waals surface area contributed by atoms with E-state index in [-0.39, 0.29) is 18.6 Å². The van der Waals surface area contributed by atoms with Gasteiger partial charge in [-0.2, -0.15) is 0 Å². The molecule has 1 amide bonds. The first kappa shape index (κ1) is 19.4. The van der Waals surface area contributed by atoms with Gasteiger partial charge in [0.25, 0.3) is 5.91 Å². The van der Waals surface area contributed by atoms with Gasteiger partial charge in [0.1, 0.15) is 5.75 Å². The van der Waals surface area contributed by atoms with E-state index in [4.69, 9.17) is 9.47 Å². The Kier molecular flexibility index (Phi) is 6.82. The molecular weight excluding hydrogens is 340 g/mol. The van der Waals surface area contributed by atoms with E-state index in [1.165, 1.54) is 5.56 Å². The van der Waals surface area contributed by atoms with Crippen molar-refractivity contribution >= 4 is 5.91 Å². The van der Waals surface area contributed by atoms with Gasteiger partial charge in [0, 0.05) is 25.6 Å². The molecule has 0 saturated carbocycles. The highest BCUT2D eigenvalue weighted by Crippen LogP contribution is 2.29. The number of benzene rings is 1. The molecule has 1 aromatic heterocycles. The van der Waals surface area contributed by atoms with E-state index in [1.54, 1.807) is 6.20 Å². The van der Waals surface area contributed by atoms with Crippen molar-refractivity contribution in [3.05, 3.63) is 59.9 Å². The molecular formula is C22H28N2O3. The Labute approximate surface area is 161 Å². The smallest absolute Gasteiger partial charge is 0.258 e. The summed E-state index contributed by atoms with van der Waals surface area (Å²) < 4.78 is 11.1. The number of amides is 1. The lowest BCUT2D eigenvalue weighted by atomic mass is 9.87. The van der Waals surface area contributed by atoms with Crippen molar-refractivity contribution < 1.29 is 14.3 Å². The van der Waals surface area contributed by atoms with Crippen LogP contribution in [0, 0.1) is 5.92 Å². The van der Waals surface area contributed by atoms with Crippen molar-refractivity contribution in [2.75, 3.05) is 19.8 Å². The third-order valence-electron chi connectivity index (χ3n) is 5.01. The van der Waals surface area contributed by atoms with Gasteiger partial charge < -0.3 is 14.8 Å². The van der Waals surface area contributed by atoms with Gasteiger partial charge >= 0.3 is 0 Å². The summed E-state index contributed by atoms with van der Waals surface area (Å²) in [6, 6.07) is 11.8. The Morgan fingerprint density at radius 1 is 1.19 bits per heavy atom. The molecule has 2 heterocycles. The van der Waals surface area contributed by atoms with Crippen LogP contribution in [0.1, 0.15) is 49.8 Å². The average Bonchev–Trinajstić information content (AvgIpc) is 2.72. The Morgan fingerprint density at radius 2 is 1.93 bits per heavy atom. The van der Waals surface area contributed by atoms with Crippen molar-refractivity contribution in [3.63, 3.8) is 0 Å². The van der Waals surface area contributed by atoms with Crippen LogP contribution in [-0.2, 0) is 9.53 Å². The number of hydrogen-bond donors (Lipinski definition) is 1. The van der Waals surface area contributed by atoms with Crippen LogP contribution < -0.4 is 10.1 Å². The van der Waals surface area contributed by atoms with Gasteiger partial charge in [0.2, 0.25) is 0 Å². The first-order valence-corrected chi connectivity index (χ1v) is 9.63. The number of nitrogens with one attached hydrogen (secondary N) is 1. The Hall–Kier alpha value is -2.40. The van der Waals surface area contributed by atoms with E-state index in [2.05, 4.69) is 24.1 Å². The Balaban J connectivity index is 1.60. The molecule has 0 radical (unpaired) electrons. The molecule has 1 saturated heterocycles. The van der Waals surface area contributed by atoms with Crippen LogP contribution >= 0.6 is 0 Å². The van der Waals surface area contributed by atoms with Gasteiger partial charge in [-0.25, -0.2) is 0 Å². The summed E-state index contributed by atoms with van der Waals surface area (Å²) in [5.74, 6) is 1.40. The van der Waals surface area contributed by atoms with Gasteiger partial charge in [-0.1, -0.05) is 32.0 Å². The van der Waals surface area contributed by atoms with E-state index in [0.29, 0.717) is 17.6 Å². The summed E-state index contributed by atoms with van der Waals surface area (Å²) in [5.41, 5.74) is 2.28. The molecule has 1 atom stereocenters. The van der Waals surface area contributed by atoms with Gasteiger partial charge in [-0.05, 0) is 54.0 Å². The molecule has 27 heavy (non-hydrogen) atoms. The maximum absolute atomic E-state index is 12.5. The molecule has 5 heteroatoms. The van der Waals surface area contributed by atoms with Gasteiger partial charge in [-0.3, -0.25) is 9.78 Å². The number of aromatic nitrogens is 1. The predicted molar refractivity (Wildman–Crippen MR) is 105 cm³/mol. The van der Waals surface area contributed by atoms with E-state index in [1.807, 2.05) is 42.6 Å². The second-order valence-corrected chi connectivity index (χ2v) is 7.29. The van der Waals surface area contributed by atoms with Crippen molar-refractivity contribution in [2.24, 2.45) is 5.92 Å². The molecule has 1 N–H and O–H groups in total. The summed E-state index contributed by atoms with van der Waals surface area (Å²) in [5, 5.41) is 3.14. The quantitative estimate of drug-likeness (QED) is 0.806. The van der Waals surface area contributed by atoms with Crippen LogP contribution in [-0.4, -0.2) is 30.7 Å². The van der Waals surface area contributed by atoms with Crippen LogP contribution in [0.3, 0.4) is 0 Å². The summed E-state index contributed by atoms with van der Waals surface area (Å²) in [6.45, 7) is 5.77. The lowest BCUT2D eigenvalue weighted by molar-refractivity contribution is -0.124. The summed E-state index contributed by atoms with van der Waals surface area (Å²) in [7, 11) is 0. The number of rotatable bonds is 7. The minimum atomic E-state index is -0.122. The third-order valence-corrected chi connectivity index (χ3v) is 5.01. The average molecular weight is 368 g/mol. The van der Waals surface area contributed by atoms with Gasteiger partial charge in [0.05, 0.1) is 6.04 Å². The number of carbonyl (C=O) groups is 1. The highest BCUT2D eigenvalue weighted by atomic mass is 16.5. The molecule has 0 spiro atoms. The normalized spacial score (nSPS) is 16.1. The SMILES string of the molecule is CC(C)c1ccc(OCC(=O)NC(c2cccnc2)C2CCOCC2)cc1. The molecule has 1 aromatic carbocycles. The lowest BCUT2D eigenvalue weighted by Crippen LogP contribution is -2.38. The van der Waals surface area contributed by atoms with Crippen LogP contribution in [0.25, 0.3) is 0 Å². The highest BCUT2D eigenvalue weighted by molar-refractivity contribution is 5.78. The zero-order valence-electron chi connectivity index (χ0n) is 16.1. The fourth-order valence-corrected chi connectivity index (χ4v) is 3.40. The van der Waals surface area contributed by atoms with E-state index in [0.717, 1.165) is 31.6 Å². The monoisotopic (exact) mass is 368 g/mol. The zero-order chi connectivity index (χ0) is 19.1. The second-order valence-electron chi connectivity index (χ2n) is 7.29. The lowest BCUT2D eigenvalue weighted by Gasteiger charge is -2.31. The van der Waals surface area contributed by atoms with Crippen LogP contribution in [0.2, 0.25) is 0 Å². The number of carbonyl (C=O) groups excluding carboxylic acids is 1. The topological polar surface area (TPSA) is 60.5 Å². The number of hydrogen-bond acceptors (Lipinski definition) is 4.